The Hall–Kier alpha value is -1.30. The third-order valence-corrected chi connectivity index (χ3v) is 1.96. The van der Waals surface area contributed by atoms with E-state index >= 15 is 0 Å². The van der Waals surface area contributed by atoms with Gasteiger partial charge < -0.3 is 0 Å². The van der Waals surface area contributed by atoms with Crippen molar-refractivity contribution in [1.29, 1.82) is 0 Å². The maximum absolute atomic E-state index is 3.86. The maximum Gasteiger partial charge on any atom is -0.0230 e. The van der Waals surface area contributed by atoms with E-state index in [0.29, 0.717) is 0 Å². The zero-order valence-electron chi connectivity index (χ0n) is 12.4. The molecule has 0 heteroatoms. The lowest BCUT2D eigenvalue weighted by atomic mass is 10.0. The second kappa shape index (κ2) is 12.8. The van der Waals surface area contributed by atoms with E-state index in [1.807, 2.05) is 33.8 Å². The van der Waals surface area contributed by atoms with Gasteiger partial charge in [-0.1, -0.05) is 69.4 Å². The summed E-state index contributed by atoms with van der Waals surface area (Å²) in [7, 11) is 0. The molecule has 0 aliphatic heterocycles. The van der Waals surface area contributed by atoms with Crippen molar-refractivity contribution < 1.29 is 0 Å². The first-order valence-corrected chi connectivity index (χ1v) is 6.48. The van der Waals surface area contributed by atoms with Gasteiger partial charge in [0, 0.05) is 0 Å². The molecule has 0 saturated carbocycles. The monoisotopic (exact) mass is 232 g/mol. The Kier molecular flexibility index (Phi) is 13.6. The first kappa shape index (κ1) is 18.1. The Balaban J connectivity index is 0. The van der Waals surface area contributed by atoms with Gasteiger partial charge in [0.25, 0.3) is 0 Å². The van der Waals surface area contributed by atoms with Crippen LogP contribution in [0.1, 0.15) is 48.0 Å². The van der Waals surface area contributed by atoms with Gasteiger partial charge in [-0.25, -0.2) is 0 Å². The summed E-state index contributed by atoms with van der Waals surface area (Å²) in [5.74, 6) is 0. The summed E-state index contributed by atoms with van der Waals surface area (Å²) in [5, 5.41) is 0. The number of rotatable bonds is 5. The molecule has 0 heterocycles. The topological polar surface area (TPSA) is 0 Å². The third-order valence-electron chi connectivity index (χ3n) is 1.96. The van der Waals surface area contributed by atoms with Crippen molar-refractivity contribution in [2.75, 3.05) is 0 Å². The molecule has 0 amide bonds. The highest BCUT2D eigenvalue weighted by atomic mass is 14.0. The van der Waals surface area contributed by atoms with Crippen LogP contribution in [0.25, 0.3) is 0 Å². The maximum atomic E-state index is 3.86. The SMILES string of the molecule is C=C(C)\C=C/C(=C\C)C(/C=C\C)=C/CC.CC. The van der Waals surface area contributed by atoms with Crippen molar-refractivity contribution in [3.8, 4) is 0 Å². The predicted molar refractivity (Wildman–Crippen MR) is 82.2 cm³/mol. The summed E-state index contributed by atoms with van der Waals surface area (Å²) in [6, 6.07) is 0. The van der Waals surface area contributed by atoms with Crippen molar-refractivity contribution >= 4 is 0 Å². The zero-order valence-corrected chi connectivity index (χ0v) is 12.4. The Bertz CT molecular complexity index is 309. The van der Waals surface area contributed by atoms with Crippen molar-refractivity contribution in [2.24, 2.45) is 0 Å². The van der Waals surface area contributed by atoms with Crippen LogP contribution < -0.4 is 0 Å². The molecule has 0 atom stereocenters. The molecule has 0 nitrogen and oxygen atoms in total. The van der Waals surface area contributed by atoms with Crippen molar-refractivity contribution in [3.63, 3.8) is 0 Å². The number of allylic oxidation sites excluding steroid dienone is 9. The summed E-state index contributed by atoms with van der Waals surface area (Å²) >= 11 is 0. The van der Waals surface area contributed by atoms with Gasteiger partial charge >= 0.3 is 0 Å². The van der Waals surface area contributed by atoms with E-state index in [1.54, 1.807) is 0 Å². The minimum Gasteiger partial charge on any atom is -0.0961 e. The fraction of sp³-hybridized carbons (Fsp3) is 0.412. The molecular weight excluding hydrogens is 204 g/mol. The van der Waals surface area contributed by atoms with E-state index in [2.05, 4.69) is 50.8 Å². The fourth-order valence-corrected chi connectivity index (χ4v) is 1.27. The minimum absolute atomic E-state index is 1.05. The highest BCUT2D eigenvalue weighted by Crippen LogP contribution is 2.15. The molecular formula is C17H28. The lowest BCUT2D eigenvalue weighted by molar-refractivity contribution is 1.20. The highest BCUT2D eigenvalue weighted by Gasteiger charge is 1.95. The number of hydrogen-bond donors (Lipinski definition) is 0. The number of hydrogen-bond acceptors (Lipinski definition) is 0. The quantitative estimate of drug-likeness (QED) is 0.510. The predicted octanol–water partition coefficient (Wildman–Crippen LogP) is 6.00. The van der Waals surface area contributed by atoms with E-state index in [9.17, 15) is 0 Å². The van der Waals surface area contributed by atoms with Gasteiger partial charge in [-0.05, 0) is 38.3 Å². The minimum atomic E-state index is 1.05. The Morgan fingerprint density at radius 3 is 1.94 bits per heavy atom. The molecule has 0 saturated heterocycles. The molecule has 0 aliphatic carbocycles. The lowest BCUT2D eigenvalue weighted by Crippen LogP contribution is -1.83. The van der Waals surface area contributed by atoms with Crippen LogP contribution in [0.4, 0.5) is 0 Å². The van der Waals surface area contributed by atoms with Crippen LogP contribution in [0.2, 0.25) is 0 Å². The Morgan fingerprint density at radius 1 is 1.00 bits per heavy atom. The van der Waals surface area contributed by atoms with Crippen LogP contribution in [0.15, 0.2) is 59.8 Å². The van der Waals surface area contributed by atoms with Crippen molar-refractivity contribution in [2.45, 2.75) is 48.0 Å². The molecule has 0 N–H and O–H groups in total. The van der Waals surface area contributed by atoms with Gasteiger partial charge in [0.15, 0.2) is 0 Å². The van der Waals surface area contributed by atoms with Crippen LogP contribution >= 0.6 is 0 Å². The first-order valence-electron chi connectivity index (χ1n) is 6.48. The molecule has 17 heavy (non-hydrogen) atoms. The van der Waals surface area contributed by atoms with E-state index in [-0.39, 0.29) is 0 Å². The van der Waals surface area contributed by atoms with E-state index in [1.165, 1.54) is 11.1 Å². The van der Waals surface area contributed by atoms with Crippen LogP contribution in [-0.2, 0) is 0 Å². The summed E-state index contributed by atoms with van der Waals surface area (Å²) in [4.78, 5) is 0. The van der Waals surface area contributed by atoms with Gasteiger partial charge in [0.05, 0.1) is 0 Å². The van der Waals surface area contributed by atoms with Gasteiger partial charge in [-0.2, -0.15) is 0 Å². The second-order valence-electron chi connectivity index (χ2n) is 3.49. The normalized spacial score (nSPS) is 12.8. The van der Waals surface area contributed by atoms with Crippen LogP contribution in [-0.4, -0.2) is 0 Å². The molecule has 0 aromatic heterocycles. The summed E-state index contributed by atoms with van der Waals surface area (Å²) in [6.45, 7) is 16.1. The average molecular weight is 232 g/mol. The van der Waals surface area contributed by atoms with Gasteiger partial charge in [-0.15, -0.1) is 0 Å². The Labute approximate surface area is 108 Å². The van der Waals surface area contributed by atoms with E-state index in [0.717, 1.165) is 12.0 Å². The highest BCUT2D eigenvalue weighted by molar-refractivity contribution is 5.47. The third kappa shape index (κ3) is 9.62. The van der Waals surface area contributed by atoms with Gasteiger partial charge in [0.2, 0.25) is 0 Å². The molecule has 0 spiro atoms. The smallest absolute Gasteiger partial charge is 0.0230 e. The lowest BCUT2D eigenvalue weighted by Gasteiger charge is -2.03. The van der Waals surface area contributed by atoms with Crippen molar-refractivity contribution in [3.05, 3.63) is 59.8 Å². The second-order valence-corrected chi connectivity index (χ2v) is 3.49. The molecule has 0 bridgehead atoms. The first-order chi connectivity index (χ1) is 8.15. The largest absolute Gasteiger partial charge is 0.0961 e. The molecule has 0 unspecified atom stereocenters. The van der Waals surface area contributed by atoms with Crippen LogP contribution in [0, 0.1) is 0 Å². The van der Waals surface area contributed by atoms with Crippen LogP contribution in [0.3, 0.4) is 0 Å². The summed E-state index contributed by atoms with van der Waals surface area (Å²) < 4.78 is 0. The van der Waals surface area contributed by atoms with E-state index in [4.69, 9.17) is 0 Å². The molecule has 96 valence electrons. The standard InChI is InChI=1S/C15H22.C2H6/c1-6-9-15(10-7-2)14(8-3)12-11-13(4)5;1-2/h6,8-12H,4,7H2,1-3,5H3;1-2H3/b9-6-,12-11-,14-8+,15-10+;. The molecule has 0 radical (unpaired) electrons. The average Bonchev–Trinajstić information content (AvgIpc) is 2.32. The Morgan fingerprint density at radius 2 is 1.59 bits per heavy atom. The molecule has 0 rings (SSSR count). The van der Waals surface area contributed by atoms with Crippen molar-refractivity contribution in [1.82, 2.24) is 0 Å². The zero-order chi connectivity index (χ0) is 13.7. The van der Waals surface area contributed by atoms with Crippen LogP contribution in [0.5, 0.6) is 0 Å². The summed E-state index contributed by atoms with van der Waals surface area (Å²) in [5.41, 5.74) is 3.60. The van der Waals surface area contributed by atoms with Gasteiger partial charge in [-0.3, -0.25) is 0 Å². The molecule has 0 fully saturated rings. The van der Waals surface area contributed by atoms with Gasteiger partial charge in [0.1, 0.15) is 0 Å². The molecule has 0 aromatic rings. The van der Waals surface area contributed by atoms with E-state index < -0.39 is 0 Å². The molecule has 0 aliphatic rings. The summed E-state index contributed by atoms with van der Waals surface area (Å²) in [6.07, 6.45) is 13.8. The fourth-order valence-electron chi connectivity index (χ4n) is 1.27. The molecule has 0 aromatic carbocycles.